The van der Waals surface area contributed by atoms with Crippen molar-refractivity contribution in [3.63, 3.8) is 0 Å². The average molecular weight is 153 g/mol. The Bertz CT molecular complexity index is 206. The highest BCUT2D eigenvalue weighted by molar-refractivity contribution is 5.16. The van der Waals surface area contributed by atoms with Crippen LogP contribution >= 0.6 is 0 Å². The van der Waals surface area contributed by atoms with Crippen LogP contribution in [-0.2, 0) is 19.5 Å². The number of aromatic nitrogens is 2. The summed E-state index contributed by atoms with van der Waals surface area (Å²) in [7, 11) is 0. The molecule has 0 saturated carbocycles. The lowest BCUT2D eigenvalue weighted by atomic mass is 10.2. The van der Waals surface area contributed by atoms with Gasteiger partial charge in [0.1, 0.15) is 0 Å². The smallest absolute Gasteiger partial charge is 0.0792 e. The van der Waals surface area contributed by atoms with E-state index in [1.54, 1.807) is 0 Å². The largest absolute Gasteiger partial charge is 0.325 e. The molecule has 0 atom stereocenters. The normalized spacial score (nSPS) is 10.5. The first kappa shape index (κ1) is 8.27. The Morgan fingerprint density at radius 2 is 2.27 bits per heavy atom. The van der Waals surface area contributed by atoms with E-state index >= 15 is 0 Å². The summed E-state index contributed by atoms with van der Waals surface area (Å²) < 4.78 is 1.93. The Morgan fingerprint density at radius 1 is 1.55 bits per heavy atom. The summed E-state index contributed by atoms with van der Waals surface area (Å²) in [4.78, 5) is 0. The highest BCUT2D eigenvalue weighted by atomic mass is 15.3. The standard InChI is InChI=1S/C8H15N3/c1-3-7-6-11(4-2)10-8(7)5-9/h6H,3-5,9H2,1-2H3. The molecule has 0 spiro atoms. The van der Waals surface area contributed by atoms with Gasteiger partial charge in [-0.1, -0.05) is 6.92 Å². The Morgan fingerprint density at radius 3 is 2.64 bits per heavy atom. The van der Waals surface area contributed by atoms with E-state index in [0.29, 0.717) is 6.54 Å². The fourth-order valence-corrected chi connectivity index (χ4v) is 1.13. The SMILES string of the molecule is CCc1cn(CC)nc1CN. The van der Waals surface area contributed by atoms with Gasteiger partial charge in [0, 0.05) is 19.3 Å². The summed E-state index contributed by atoms with van der Waals surface area (Å²) in [5.74, 6) is 0. The Hall–Kier alpha value is -0.830. The van der Waals surface area contributed by atoms with E-state index < -0.39 is 0 Å². The van der Waals surface area contributed by atoms with Gasteiger partial charge >= 0.3 is 0 Å². The van der Waals surface area contributed by atoms with Gasteiger partial charge in [0.2, 0.25) is 0 Å². The molecule has 0 saturated heterocycles. The molecule has 2 N–H and O–H groups in total. The quantitative estimate of drug-likeness (QED) is 0.702. The molecular weight excluding hydrogens is 138 g/mol. The molecule has 1 aromatic heterocycles. The fourth-order valence-electron chi connectivity index (χ4n) is 1.13. The molecule has 3 heteroatoms. The van der Waals surface area contributed by atoms with Gasteiger partial charge < -0.3 is 5.73 Å². The van der Waals surface area contributed by atoms with Crippen molar-refractivity contribution in [2.75, 3.05) is 0 Å². The molecule has 0 aliphatic heterocycles. The average Bonchev–Trinajstić information content (AvgIpc) is 2.46. The van der Waals surface area contributed by atoms with Gasteiger partial charge in [-0.05, 0) is 18.9 Å². The minimum Gasteiger partial charge on any atom is -0.325 e. The van der Waals surface area contributed by atoms with Gasteiger partial charge in [-0.2, -0.15) is 5.10 Å². The number of nitrogens with two attached hydrogens (primary N) is 1. The highest BCUT2D eigenvalue weighted by Crippen LogP contribution is 2.06. The number of nitrogens with zero attached hydrogens (tertiary/aromatic N) is 2. The van der Waals surface area contributed by atoms with Crippen molar-refractivity contribution in [1.82, 2.24) is 9.78 Å². The molecule has 0 aliphatic rings. The van der Waals surface area contributed by atoms with Gasteiger partial charge in [-0.15, -0.1) is 0 Å². The number of hydrogen-bond acceptors (Lipinski definition) is 2. The molecule has 0 amide bonds. The molecule has 0 aliphatic carbocycles. The summed E-state index contributed by atoms with van der Waals surface area (Å²) in [6.45, 7) is 5.67. The Balaban J connectivity index is 2.92. The summed E-state index contributed by atoms with van der Waals surface area (Å²) >= 11 is 0. The molecule has 1 aromatic rings. The lowest BCUT2D eigenvalue weighted by Crippen LogP contribution is -2.01. The molecule has 62 valence electrons. The summed E-state index contributed by atoms with van der Waals surface area (Å²) in [6, 6.07) is 0. The van der Waals surface area contributed by atoms with Gasteiger partial charge in [0.15, 0.2) is 0 Å². The highest BCUT2D eigenvalue weighted by Gasteiger charge is 2.03. The van der Waals surface area contributed by atoms with Crippen molar-refractivity contribution < 1.29 is 0 Å². The second kappa shape index (κ2) is 3.53. The van der Waals surface area contributed by atoms with Crippen LogP contribution in [0, 0.1) is 0 Å². The van der Waals surface area contributed by atoms with Crippen molar-refractivity contribution in [3.8, 4) is 0 Å². The van der Waals surface area contributed by atoms with Gasteiger partial charge in [-0.25, -0.2) is 0 Å². The van der Waals surface area contributed by atoms with Crippen molar-refractivity contribution in [1.29, 1.82) is 0 Å². The topological polar surface area (TPSA) is 43.8 Å². The molecular formula is C8H15N3. The third-order valence-corrected chi connectivity index (χ3v) is 1.82. The van der Waals surface area contributed by atoms with E-state index in [9.17, 15) is 0 Å². The maximum Gasteiger partial charge on any atom is 0.0792 e. The van der Waals surface area contributed by atoms with E-state index in [1.165, 1.54) is 5.56 Å². The summed E-state index contributed by atoms with van der Waals surface area (Å²) in [5, 5.41) is 4.31. The zero-order valence-corrected chi connectivity index (χ0v) is 7.17. The van der Waals surface area contributed by atoms with Gasteiger partial charge in [-0.3, -0.25) is 4.68 Å². The first-order chi connectivity index (χ1) is 5.31. The maximum atomic E-state index is 5.52. The van der Waals surface area contributed by atoms with Gasteiger partial charge in [0.05, 0.1) is 5.69 Å². The Labute approximate surface area is 67.2 Å². The van der Waals surface area contributed by atoms with E-state index in [-0.39, 0.29) is 0 Å². The molecule has 11 heavy (non-hydrogen) atoms. The van der Waals surface area contributed by atoms with Crippen LogP contribution in [0.2, 0.25) is 0 Å². The van der Waals surface area contributed by atoms with E-state index in [2.05, 4.69) is 25.1 Å². The van der Waals surface area contributed by atoms with Crippen molar-refractivity contribution in [2.45, 2.75) is 33.4 Å². The number of aryl methyl sites for hydroxylation is 2. The predicted octanol–water partition coefficient (Wildman–Crippen LogP) is 0.924. The third-order valence-electron chi connectivity index (χ3n) is 1.82. The predicted molar refractivity (Wildman–Crippen MR) is 45.2 cm³/mol. The lowest BCUT2D eigenvalue weighted by Gasteiger charge is -1.91. The monoisotopic (exact) mass is 153 g/mol. The minimum absolute atomic E-state index is 0.552. The summed E-state index contributed by atoms with van der Waals surface area (Å²) in [6.07, 6.45) is 3.09. The number of rotatable bonds is 3. The van der Waals surface area contributed by atoms with Crippen LogP contribution in [0.4, 0.5) is 0 Å². The van der Waals surface area contributed by atoms with Gasteiger partial charge in [0.25, 0.3) is 0 Å². The fraction of sp³-hybridized carbons (Fsp3) is 0.625. The molecule has 0 fully saturated rings. The van der Waals surface area contributed by atoms with Crippen LogP contribution in [0.3, 0.4) is 0 Å². The first-order valence-electron chi connectivity index (χ1n) is 4.07. The molecule has 0 radical (unpaired) electrons. The van der Waals surface area contributed by atoms with Crippen molar-refractivity contribution in [2.24, 2.45) is 5.73 Å². The maximum absolute atomic E-state index is 5.52. The van der Waals surface area contributed by atoms with Crippen LogP contribution in [0.25, 0.3) is 0 Å². The van der Waals surface area contributed by atoms with Crippen LogP contribution in [0.5, 0.6) is 0 Å². The second-order valence-electron chi connectivity index (χ2n) is 2.51. The Kier molecular flexibility index (Phi) is 2.65. The number of hydrogen-bond donors (Lipinski definition) is 1. The zero-order valence-electron chi connectivity index (χ0n) is 7.17. The van der Waals surface area contributed by atoms with Crippen LogP contribution in [-0.4, -0.2) is 9.78 Å². The van der Waals surface area contributed by atoms with Crippen LogP contribution < -0.4 is 5.73 Å². The molecule has 0 aromatic carbocycles. The third kappa shape index (κ3) is 1.60. The molecule has 1 rings (SSSR count). The molecule has 1 heterocycles. The first-order valence-corrected chi connectivity index (χ1v) is 4.07. The second-order valence-corrected chi connectivity index (χ2v) is 2.51. The van der Waals surface area contributed by atoms with Crippen molar-refractivity contribution >= 4 is 0 Å². The molecule has 0 unspecified atom stereocenters. The minimum atomic E-state index is 0.552. The van der Waals surface area contributed by atoms with Crippen LogP contribution in [0.1, 0.15) is 25.1 Å². The van der Waals surface area contributed by atoms with Crippen LogP contribution in [0.15, 0.2) is 6.20 Å². The lowest BCUT2D eigenvalue weighted by molar-refractivity contribution is 0.647. The summed E-state index contributed by atoms with van der Waals surface area (Å²) in [5.41, 5.74) is 7.83. The molecule has 0 bridgehead atoms. The van der Waals surface area contributed by atoms with E-state index in [1.807, 2.05) is 4.68 Å². The molecule has 3 nitrogen and oxygen atoms in total. The van der Waals surface area contributed by atoms with E-state index in [0.717, 1.165) is 18.7 Å². The zero-order chi connectivity index (χ0) is 8.27. The van der Waals surface area contributed by atoms with Crippen molar-refractivity contribution in [3.05, 3.63) is 17.5 Å². The van der Waals surface area contributed by atoms with E-state index in [4.69, 9.17) is 5.73 Å².